The number of furan rings is 1. The van der Waals surface area contributed by atoms with Crippen molar-refractivity contribution in [2.75, 3.05) is 4.90 Å². The van der Waals surface area contributed by atoms with E-state index < -0.39 is 0 Å². The van der Waals surface area contributed by atoms with E-state index in [0.717, 1.165) is 77.2 Å². The highest BCUT2D eigenvalue weighted by atomic mass is 16.3. The Morgan fingerprint density at radius 1 is 0.408 bits per heavy atom. The molecule has 0 unspecified atom stereocenters. The number of nitrogens with zero attached hydrogens (tertiary/aromatic N) is 2. The summed E-state index contributed by atoms with van der Waals surface area (Å²) in [7, 11) is 0. The van der Waals surface area contributed by atoms with Crippen LogP contribution in [-0.2, 0) is 0 Å². The van der Waals surface area contributed by atoms with Crippen LogP contribution in [0.4, 0.5) is 17.1 Å². The van der Waals surface area contributed by atoms with Crippen molar-refractivity contribution in [1.29, 1.82) is 0 Å². The van der Waals surface area contributed by atoms with E-state index in [1.165, 1.54) is 11.1 Å². The summed E-state index contributed by atoms with van der Waals surface area (Å²) in [5.41, 5.74) is 9.93. The lowest BCUT2D eigenvalue weighted by molar-refractivity contribution is 0.623. The normalized spacial score (nSPS) is 11.7. The number of hydrogen-bond donors (Lipinski definition) is 0. The predicted octanol–water partition coefficient (Wildman–Crippen LogP) is 12.8. The zero-order chi connectivity index (χ0) is 32.3. The number of aromatic nitrogens is 1. The van der Waals surface area contributed by atoms with Crippen molar-refractivity contribution < 1.29 is 8.83 Å². The first kappa shape index (κ1) is 27.5. The van der Waals surface area contributed by atoms with Gasteiger partial charge in [0.25, 0.3) is 0 Å². The van der Waals surface area contributed by atoms with Crippen LogP contribution in [-0.4, -0.2) is 4.98 Å². The molecule has 0 aliphatic heterocycles. The molecular weight excluding hydrogens is 601 g/mol. The van der Waals surface area contributed by atoms with Crippen molar-refractivity contribution in [2.45, 2.75) is 0 Å². The molecule has 2 aromatic heterocycles. The molecule has 2 heterocycles. The van der Waals surface area contributed by atoms with Gasteiger partial charge in [-0.2, -0.15) is 0 Å². The third-order valence-electron chi connectivity index (χ3n) is 9.47. The molecule has 4 heteroatoms. The quantitative estimate of drug-likeness (QED) is 0.178. The molecule has 0 amide bonds. The van der Waals surface area contributed by atoms with Gasteiger partial charge in [0.1, 0.15) is 16.7 Å². The molecule has 0 aliphatic rings. The van der Waals surface area contributed by atoms with Gasteiger partial charge in [0.05, 0.1) is 0 Å². The van der Waals surface area contributed by atoms with Crippen LogP contribution in [0.3, 0.4) is 0 Å². The van der Waals surface area contributed by atoms with Crippen LogP contribution < -0.4 is 4.90 Å². The average molecular weight is 629 g/mol. The Labute approximate surface area is 282 Å². The third kappa shape index (κ3) is 4.57. The number of benzene rings is 8. The number of fused-ring (bicyclic) bond motifs is 8. The van der Waals surface area contributed by atoms with Crippen LogP contribution in [0.2, 0.25) is 0 Å². The molecule has 0 N–H and O–H groups in total. The summed E-state index contributed by atoms with van der Waals surface area (Å²) in [6.07, 6.45) is 0. The van der Waals surface area contributed by atoms with E-state index in [2.05, 4.69) is 120 Å². The number of hydrogen-bond acceptors (Lipinski definition) is 4. The minimum atomic E-state index is 0.629. The van der Waals surface area contributed by atoms with E-state index in [-0.39, 0.29) is 0 Å². The summed E-state index contributed by atoms with van der Waals surface area (Å²) in [6.45, 7) is 0. The molecule has 0 saturated heterocycles. The van der Waals surface area contributed by atoms with E-state index in [4.69, 9.17) is 13.8 Å². The molecule has 0 atom stereocenters. The molecule has 8 aromatic carbocycles. The number of rotatable bonds is 5. The topological polar surface area (TPSA) is 42.4 Å². The molecule has 0 radical (unpaired) electrons. The van der Waals surface area contributed by atoms with Gasteiger partial charge in [-0.1, -0.05) is 103 Å². The first-order valence-electron chi connectivity index (χ1n) is 16.5. The van der Waals surface area contributed by atoms with Crippen LogP contribution in [0, 0.1) is 0 Å². The summed E-state index contributed by atoms with van der Waals surface area (Å²) in [5, 5.41) is 6.63. The lowest BCUT2D eigenvalue weighted by Gasteiger charge is -2.26. The minimum Gasteiger partial charge on any atom is -0.456 e. The van der Waals surface area contributed by atoms with E-state index in [1.807, 2.05) is 54.6 Å². The third-order valence-corrected chi connectivity index (χ3v) is 9.47. The van der Waals surface area contributed by atoms with Gasteiger partial charge in [0.2, 0.25) is 5.89 Å². The van der Waals surface area contributed by atoms with Crippen molar-refractivity contribution in [3.05, 3.63) is 170 Å². The standard InChI is InChI=1S/C45H28N2O2/c1-3-9-29(10-4-1)30-17-20-34(21-18-30)47(36-23-26-42-39(28-36)38-13-7-8-14-41(38)48-42)35-22-24-37-33(27-35)16-15-31-19-25-40-44(43(31)37)49-45(46-40)32-11-5-2-6-12-32/h1-28H. The maximum Gasteiger partial charge on any atom is 0.227 e. The van der Waals surface area contributed by atoms with Crippen LogP contribution in [0.15, 0.2) is 179 Å². The van der Waals surface area contributed by atoms with Gasteiger partial charge in [-0.3, -0.25) is 0 Å². The highest BCUT2D eigenvalue weighted by Gasteiger charge is 2.18. The van der Waals surface area contributed by atoms with Crippen LogP contribution in [0.5, 0.6) is 0 Å². The second-order valence-electron chi connectivity index (χ2n) is 12.4. The zero-order valence-corrected chi connectivity index (χ0v) is 26.4. The monoisotopic (exact) mass is 628 g/mol. The SMILES string of the molecule is c1ccc(-c2ccc(N(c3ccc4c(ccc5ccc6nc(-c7ccccc7)oc6c54)c3)c3ccc4oc5ccccc5c4c3)cc2)cc1. The Morgan fingerprint density at radius 3 is 1.88 bits per heavy atom. The molecule has 0 spiro atoms. The van der Waals surface area contributed by atoms with Gasteiger partial charge >= 0.3 is 0 Å². The lowest BCUT2D eigenvalue weighted by Crippen LogP contribution is -2.09. The summed E-state index contributed by atoms with van der Waals surface area (Å²) in [6, 6.07) is 59.3. The van der Waals surface area contributed by atoms with Gasteiger partial charge in [-0.15, -0.1) is 0 Å². The summed E-state index contributed by atoms with van der Waals surface area (Å²) in [4.78, 5) is 7.17. The Morgan fingerprint density at radius 2 is 1.04 bits per heavy atom. The number of para-hydroxylation sites is 1. The van der Waals surface area contributed by atoms with Crippen LogP contribution in [0.25, 0.3) is 77.2 Å². The van der Waals surface area contributed by atoms with Crippen LogP contribution in [0.1, 0.15) is 0 Å². The van der Waals surface area contributed by atoms with Gasteiger partial charge < -0.3 is 13.7 Å². The van der Waals surface area contributed by atoms with Gasteiger partial charge in [-0.25, -0.2) is 4.98 Å². The highest BCUT2D eigenvalue weighted by Crippen LogP contribution is 2.42. The van der Waals surface area contributed by atoms with E-state index >= 15 is 0 Å². The van der Waals surface area contributed by atoms with Gasteiger partial charge in [0, 0.05) is 38.8 Å². The molecule has 0 aliphatic carbocycles. The van der Waals surface area contributed by atoms with Crippen LogP contribution >= 0.6 is 0 Å². The summed E-state index contributed by atoms with van der Waals surface area (Å²) in [5.74, 6) is 0.629. The largest absolute Gasteiger partial charge is 0.456 e. The van der Waals surface area contributed by atoms with E-state index in [1.54, 1.807) is 0 Å². The van der Waals surface area contributed by atoms with Crippen molar-refractivity contribution >= 4 is 71.6 Å². The van der Waals surface area contributed by atoms with E-state index in [9.17, 15) is 0 Å². The second kappa shape index (κ2) is 11.0. The minimum absolute atomic E-state index is 0.629. The fraction of sp³-hybridized carbons (Fsp3) is 0. The first-order valence-corrected chi connectivity index (χ1v) is 16.5. The zero-order valence-electron chi connectivity index (χ0n) is 26.4. The molecule has 49 heavy (non-hydrogen) atoms. The smallest absolute Gasteiger partial charge is 0.227 e. The lowest BCUT2D eigenvalue weighted by atomic mass is 10.00. The molecule has 10 aromatic rings. The van der Waals surface area contributed by atoms with Gasteiger partial charge in [0.15, 0.2) is 5.58 Å². The van der Waals surface area contributed by atoms with E-state index in [0.29, 0.717) is 5.89 Å². The second-order valence-corrected chi connectivity index (χ2v) is 12.4. The van der Waals surface area contributed by atoms with Crippen molar-refractivity contribution in [2.24, 2.45) is 0 Å². The molecule has 10 rings (SSSR count). The molecular formula is C45H28N2O2. The predicted molar refractivity (Wildman–Crippen MR) is 202 cm³/mol. The summed E-state index contributed by atoms with van der Waals surface area (Å²) < 4.78 is 12.7. The fourth-order valence-electron chi connectivity index (χ4n) is 7.10. The van der Waals surface area contributed by atoms with Gasteiger partial charge in [-0.05, 0) is 94.0 Å². The Balaban J connectivity index is 1.15. The molecule has 4 nitrogen and oxygen atoms in total. The maximum absolute atomic E-state index is 6.48. The molecule has 0 bridgehead atoms. The first-order chi connectivity index (χ1) is 24.3. The average Bonchev–Trinajstić information content (AvgIpc) is 3.78. The van der Waals surface area contributed by atoms with Crippen molar-refractivity contribution in [3.63, 3.8) is 0 Å². The fourth-order valence-corrected chi connectivity index (χ4v) is 7.10. The van der Waals surface area contributed by atoms with Crippen molar-refractivity contribution in [1.82, 2.24) is 4.98 Å². The molecule has 230 valence electrons. The molecule has 0 saturated carbocycles. The maximum atomic E-state index is 6.48. The highest BCUT2D eigenvalue weighted by molar-refractivity contribution is 6.18. The number of oxazole rings is 1. The van der Waals surface area contributed by atoms with Crippen molar-refractivity contribution in [3.8, 4) is 22.6 Å². The molecule has 0 fully saturated rings. The number of anilines is 3. The Bertz CT molecular complexity index is 2820. The Kier molecular flexibility index (Phi) is 6.15. The Hall–Kier alpha value is -6.65. The summed E-state index contributed by atoms with van der Waals surface area (Å²) >= 11 is 0.